The second-order valence-corrected chi connectivity index (χ2v) is 18.0. The fraction of sp³-hybridized carbons (Fsp3) is 0.250. The van der Waals surface area contributed by atoms with E-state index in [0.717, 1.165) is 30.0 Å². The molecule has 0 N–H and O–H groups in total. The average Bonchev–Trinajstić information content (AvgIpc) is 3.55. The fourth-order valence-electron chi connectivity index (χ4n) is 6.98. The van der Waals surface area contributed by atoms with Crippen LogP contribution in [0.3, 0.4) is 0 Å². The Balaban J connectivity index is 1.72. The van der Waals surface area contributed by atoms with E-state index in [-0.39, 0.29) is 24.8 Å². The van der Waals surface area contributed by atoms with Gasteiger partial charge in [0.25, 0.3) is 0 Å². The monoisotopic (exact) mass is 580 g/mol. The molecule has 0 aliphatic heterocycles. The molecule has 2 aliphatic rings. The summed E-state index contributed by atoms with van der Waals surface area (Å²) in [5.74, 6) is -0.652. The zero-order valence-corrected chi connectivity index (χ0v) is 25.6. The summed E-state index contributed by atoms with van der Waals surface area (Å²) >= 11 is -5.55. The van der Waals surface area contributed by atoms with Gasteiger partial charge in [-0.2, -0.15) is 0 Å². The van der Waals surface area contributed by atoms with Gasteiger partial charge in [0.15, 0.2) is 0 Å². The van der Waals surface area contributed by atoms with Crippen molar-refractivity contribution in [2.75, 3.05) is 0 Å². The standard InChI is InChI=1S/2C13H9.2C4H8O2.C2H4.Ti/c2*1-3-7-12-10(5-1)9-11-6-2-4-8-13(11)12;2*1-2-3-4(5)6;1-2;/h2*1-5,7-8H,9H2;2*2-3H2,1H3,(H,5,6);1H,2H3;/q;;;;;+2/p-2. The molecular formula is C36H36O4Ti. The average molecular weight is 581 g/mol. The molecule has 0 unspecified atom stereocenters. The van der Waals surface area contributed by atoms with Gasteiger partial charge in [-0.15, -0.1) is 0 Å². The Labute approximate surface area is 243 Å². The molecule has 4 aromatic carbocycles. The van der Waals surface area contributed by atoms with E-state index in [1.54, 1.807) is 0 Å². The summed E-state index contributed by atoms with van der Waals surface area (Å²) in [6.45, 7) is 5.86. The summed E-state index contributed by atoms with van der Waals surface area (Å²) in [4.78, 5) is 27.5. The molecule has 4 nitrogen and oxygen atoms in total. The van der Waals surface area contributed by atoms with Gasteiger partial charge in [-0.05, 0) is 0 Å². The zero-order valence-electron chi connectivity index (χ0n) is 24.0. The van der Waals surface area contributed by atoms with Crippen LogP contribution in [0, 0.1) is 0 Å². The van der Waals surface area contributed by atoms with Crippen molar-refractivity contribution in [3.05, 3.63) is 107 Å². The summed E-state index contributed by atoms with van der Waals surface area (Å²) in [5, 5.41) is 0. The van der Waals surface area contributed by atoms with Gasteiger partial charge < -0.3 is 0 Å². The molecule has 6 rings (SSSR count). The normalized spacial score (nSPS) is 13.1. The third-order valence-electron chi connectivity index (χ3n) is 8.79. The first-order chi connectivity index (χ1) is 19.9. The van der Waals surface area contributed by atoms with Crippen molar-refractivity contribution < 1.29 is 31.8 Å². The number of hydrogen-bond acceptors (Lipinski definition) is 4. The van der Waals surface area contributed by atoms with Gasteiger partial charge in [0.2, 0.25) is 0 Å². The number of hydrogen-bond donors (Lipinski definition) is 0. The van der Waals surface area contributed by atoms with E-state index < -0.39 is 15.6 Å². The number of carbonyl (C=O) groups is 2. The number of fused-ring (bicyclic) bond motifs is 6. The Hall–Kier alpha value is -3.60. The number of rotatable bonds is 8. The Morgan fingerprint density at radius 1 is 0.634 bits per heavy atom. The van der Waals surface area contributed by atoms with Crippen molar-refractivity contribution in [1.82, 2.24) is 0 Å². The van der Waals surface area contributed by atoms with Crippen LogP contribution in [0.4, 0.5) is 0 Å². The van der Waals surface area contributed by atoms with Crippen LogP contribution in [-0.4, -0.2) is 16.3 Å². The van der Waals surface area contributed by atoms with Gasteiger partial charge in [0, 0.05) is 0 Å². The van der Waals surface area contributed by atoms with E-state index in [1.165, 1.54) is 22.3 Å². The van der Waals surface area contributed by atoms with Gasteiger partial charge in [0.05, 0.1) is 0 Å². The molecule has 0 amide bonds. The van der Waals surface area contributed by atoms with Gasteiger partial charge in [-0.25, -0.2) is 0 Å². The van der Waals surface area contributed by atoms with E-state index in [1.807, 2.05) is 37.2 Å². The van der Waals surface area contributed by atoms with Crippen molar-refractivity contribution in [1.29, 1.82) is 0 Å². The molecule has 2 aliphatic carbocycles. The molecule has 5 heteroatoms. The topological polar surface area (TPSA) is 52.6 Å². The van der Waals surface area contributed by atoms with Crippen LogP contribution in [0.2, 0.25) is 0 Å². The van der Waals surface area contributed by atoms with Crippen molar-refractivity contribution in [2.24, 2.45) is 0 Å². The quantitative estimate of drug-likeness (QED) is 0.186. The van der Waals surface area contributed by atoms with Crippen LogP contribution in [0.15, 0.2) is 84.9 Å². The van der Waals surface area contributed by atoms with Gasteiger partial charge in [-0.3, -0.25) is 0 Å². The minimum atomic E-state index is -5.55. The molecule has 0 aromatic heterocycles. The van der Waals surface area contributed by atoms with Crippen LogP contribution in [0.25, 0.3) is 22.3 Å². The molecule has 4 aromatic rings. The Morgan fingerprint density at radius 3 is 1.46 bits per heavy atom. The molecule has 0 spiro atoms. The molecule has 0 fully saturated rings. The molecule has 0 radical (unpaired) electrons. The zero-order chi connectivity index (χ0) is 28.6. The van der Waals surface area contributed by atoms with Gasteiger partial charge in [0.1, 0.15) is 0 Å². The molecule has 0 heterocycles. The van der Waals surface area contributed by atoms with Crippen LogP contribution in [0.1, 0.15) is 68.7 Å². The summed E-state index contributed by atoms with van der Waals surface area (Å²) in [7, 11) is 0. The molecule has 0 bridgehead atoms. The Morgan fingerprint density at radius 2 is 1.05 bits per heavy atom. The molecule has 0 saturated heterocycles. The maximum atomic E-state index is 13.8. The third-order valence-corrected chi connectivity index (χ3v) is 17.1. The van der Waals surface area contributed by atoms with Crippen molar-refractivity contribution in [2.45, 2.75) is 59.3 Å². The second kappa shape index (κ2) is 10.7. The summed E-state index contributed by atoms with van der Waals surface area (Å²) in [5.41, 5.74) is 9.22. The summed E-state index contributed by atoms with van der Waals surface area (Å²) in [6.07, 6.45) is 3.18. The second-order valence-electron chi connectivity index (χ2n) is 11.2. The van der Waals surface area contributed by atoms with E-state index in [2.05, 4.69) is 72.8 Å². The molecule has 0 saturated carbocycles. The Kier molecular flexibility index (Phi) is 7.17. The van der Waals surface area contributed by atoms with E-state index >= 15 is 0 Å². The molecule has 0 atom stereocenters. The van der Waals surface area contributed by atoms with E-state index in [0.29, 0.717) is 25.7 Å². The minimum absolute atomic E-state index is 0.253. The molecular weight excluding hydrogens is 544 g/mol. The first kappa shape index (κ1) is 27.6. The van der Waals surface area contributed by atoms with Crippen molar-refractivity contribution >= 4 is 24.0 Å². The molecule has 41 heavy (non-hydrogen) atoms. The van der Waals surface area contributed by atoms with Crippen LogP contribution >= 0.6 is 0 Å². The third kappa shape index (κ3) is 4.27. The van der Waals surface area contributed by atoms with Crippen LogP contribution in [0.5, 0.6) is 0 Å². The predicted octanol–water partition coefficient (Wildman–Crippen LogP) is 6.81. The van der Waals surface area contributed by atoms with Crippen molar-refractivity contribution in [3.8, 4) is 22.3 Å². The fourth-order valence-corrected chi connectivity index (χ4v) is 15.0. The number of benzene rings is 4. The van der Waals surface area contributed by atoms with Gasteiger partial charge >= 0.3 is 245 Å². The van der Waals surface area contributed by atoms with Crippen molar-refractivity contribution in [3.63, 3.8) is 0 Å². The predicted molar refractivity (Wildman–Crippen MR) is 162 cm³/mol. The summed E-state index contributed by atoms with van der Waals surface area (Å²) in [6, 6.07) is 29.3. The first-order valence-corrected chi connectivity index (χ1v) is 18.5. The van der Waals surface area contributed by atoms with Crippen LogP contribution < -0.4 is 7.74 Å². The summed E-state index contributed by atoms with van der Waals surface area (Å²) < 4.78 is 17.6. The first-order valence-electron chi connectivity index (χ1n) is 14.8. The maximum absolute atomic E-state index is 13.8. The SMILES string of the molecule is C[CH]=[Ti]([O]C(=O)CCC)([O]C(=O)CCC)([c]1cccc2c1Cc1ccccc1-2)[c]1cccc2c1Cc1ccccc1-2. The van der Waals surface area contributed by atoms with E-state index in [4.69, 9.17) is 6.64 Å². The van der Waals surface area contributed by atoms with Crippen LogP contribution in [-0.2, 0) is 44.7 Å². The van der Waals surface area contributed by atoms with Gasteiger partial charge in [-0.1, -0.05) is 0 Å². The molecule has 208 valence electrons. The Bertz CT molecular complexity index is 1640. The van der Waals surface area contributed by atoms with E-state index in [9.17, 15) is 9.59 Å². The number of carbonyl (C=O) groups excluding carboxylic acids is 2.